The molecule has 3 N–H and O–H groups in total. The van der Waals surface area contributed by atoms with E-state index >= 15 is 0 Å². The Morgan fingerprint density at radius 3 is 2.69 bits per heavy atom. The number of nitrogens with one attached hydrogen (secondary N) is 1. The number of rotatable bonds is 6. The van der Waals surface area contributed by atoms with Crippen LogP contribution in [0.3, 0.4) is 0 Å². The molecule has 2 aromatic carbocycles. The molecule has 26 heavy (non-hydrogen) atoms. The Morgan fingerprint density at radius 1 is 1.15 bits per heavy atom. The maximum Gasteiger partial charge on any atom is 0.223 e. The fraction of sp³-hybridized carbons (Fsp3) is 0.381. The number of hydrogen-bond acceptors (Lipinski definition) is 3. The first kappa shape index (κ1) is 18.4. The third-order valence-electron chi connectivity index (χ3n) is 4.77. The van der Waals surface area contributed by atoms with Gasteiger partial charge >= 0.3 is 0 Å². The van der Waals surface area contributed by atoms with Crippen molar-refractivity contribution in [3.8, 4) is 5.75 Å². The third kappa shape index (κ3) is 5.30. The minimum Gasteiger partial charge on any atom is -0.489 e. The van der Waals surface area contributed by atoms with Crippen LogP contribution in [-0.4, -0.2) is 11.9 Å². The SMILES string of the molecule is NC1CCCC(C(=O)NCc2ccc(OCc3cccc(F)c3)cc2)C1. The van der Waals surface area contributed by atoms with E-state index in [1.165, 1.54) is 12.1 Å². The molecular formula is C21H25FN2O2. The Kier molecular flexibility index (Phi) is 6.23. The van der Waals surface area contributed by atoms with Crippen LogP contribution in [0.4, 0.5) is 4.39 Å². The Morgan fingerprint density at radius 2 is 1.96 bits per heavy atom. The zero-order valence-corrected chi connectivity index (χ0v) is 14.8. The van der Waals surface area contributed by atoms with Gasteiger partial charge < -0.3 is 15.8 Å². The second-order valence-corrected chi connectivity index (χ2v) is 6.90. The highest BCUT2D eigenvalue weighted by Gasteiger charge is 2.24. The highest BCUT2D eigenvalue weighted by atomic mass is 19.1. The summed E-state index contributed by atoms with van der Waals surface area (Å²) in [4.78, 5) is 12.2. The normalized spacial score (nSPS) is 19.8. The van der Waals surface area contributed by atoms with Crippen LogP contribution in [0.1, 0.15) is 36.8 Å². The van der Waals surface area contributed by atoms with Gasteiger partial charge in [-0.2, -0.15) is 0 Å². The molecule has 1 saturated carbocycles. The van der Waals surface area contributed by atoms with E-state index in [0.29, 0.717) is 18.9 Å². The molecule has 0 bridgehead atoms. The zero-order chi connectivity index (χ0) is 18.4. The van der Waals surface area contributed by atoms with E-state index in [1.54, 1.807) is 6.07 Å². The number of carbonyl (C=O) groups is 1. The quantitative estimate of drug-likeness (QED) is 0.832. The van der Waals surface area contributed by atoms with Gasteiger partial charge in [-0.15, -0.1) is 0 Å². The van der Waals surface area contributed by atoms with Crippen LogP contribution < -0.4 is 15.8 Å². The molecule has 5 heteroatoms. The molecular weight excluding hydrogens is 331 g/mol. The molecule has 0 heterocycles. The van der Waals surface area contributed by atoms with Crippen molar-refractivity contribution < 1.29 is 13.9 Å². The first-order chi connectivity index (χ1) is 12.6. The van der Waals surface area contributed by atoms with Gasteiger partial charge in [-0.1, -0.05) is 30.7 Å². The smallest absolute Gasteiger partial charge is 0.223 e. The van der Waals surface area contributed by atoms with Crippen LogP contribution in [0.25, 0.3) is 0 Å². The third-order valence-corrected chi connectivity index (χ3v) is 4.77. The number of benzene rings is 2. The molecule has 1 fully saturated rings. The molecule has 1 amide bonds. The van der Waals surface area contributed by atoms with Crippen LogP contribution >= 0.6 is 0 Å². The second-order valence-electron chi connectivity index (χ2n) is 6.90. The fourth-order valence-electron chi connectivity index (χ4n) is 3.30. The van der Waals surface area contributed by atoms with Crippen LogP contribution in [0.15, 0.2) is 48.5 Å². The minimum atomic E-state index is -0.267. The number of amides is 1. The van der Waals surface area contributed by atoms with Gasteiger partial charge in [0.05, 0.1) is 0 Å². The van der Waals surface area contributed by atoms with Gasteiger partial charge in [0.2, 0.25) is 5.91 Å². The number of hydrogen-bond donors (Lipinski definition) is 2. The predicted octanol–water partition coefficient (Wildman–Crippen LogP) is 3.54. The van der Waals surface area contributed by atoms with Crippen molar-refractivity contribution in [3.63, 3.8) is 0 Å². The van der Waals surface area contributed by atoms with Gasteiger partial charge in [-0.05, 0) is 54.7 Å². The lowest BCUT2D eigenvalue weighted by Gasteiger charge is -2.25. The molecule has 2 atom stereocenters. The number of ether oxygens (including phenoxy) is 1. The maximum absolute atomic E-state index is 13.2. The largest absolute Gasteiger partial charge is 0.489 e. The minimum absolute atomic E-state index is 0.0348. The molecule has 0 aromatic heterocycles. The highest BCUT2D eigenvalue weighted by Crippen LogP contribution is 2.23. The van der Waals surface area contributed by atoms with Gasteiger partial charge in [-0.25, -0.2) is 4.39 Å². The van der Waals surface area contributed by atoms with E-state index in [9.17, 15) is 9.18 Å². The zero-order valence-electron chi connectivity index (χ0n) is 14.8. The van der Waals surface area contributed by atoms with Gasteiger partial charge in [0, 0.05) is 18.5 Å². The molecule has 0 saturated heterocycles. The van der Waals surface area contributed by atoms with Crippen molar-refractivity contribution in [2.24, 2.45) is 11.7 Å². The lowest BCUT2D eigenvalue weighted by Crippen LogP contribution is -2.37. The standard InChI is InChI=1S/C21H25FN2O2/c22-18-5-1-3-16(11-18)14-26-20-9-7-15(8-10-20)13-24-21(25)17-4-2-6-19(23)12-17/h1,3,5,7-11,17,19H,2,4,6,12-14,23H2,(H,24,25). The van der Waals surface area contributed by atoms with E-state index in [4.69, 9.17) is 10.5 Å². The van der Waals surface area contributed by atoms with E-state index in [2.05, 4.69) is 5.32 Å². The molecule has 3 rings (SSSR count). The van der Waals surface area contributed by atoms with Crippen LogP contribution in [0, 0.1) is 11.7 Å². The van der Waals surface area contributed by atoms with Crippen LogP contribution in [0.5, 0.6) is 5.75 Å². The summed E-state index contributed by atoms with van der Waals surface area (Å²) in [5.74, 6) is 0.568. The lowest BCUT2D eigenvalue weighted by molar-refractivity contribution is -0.126. The molecule has 0 spiro atoms. The van der Waals surface area contributed by atoms with Gasteiger partial charge in [-0.3, -0.25) is 4.79 Å². The van der Waals surface area contributed by atoms with E-state index in [1.807, 2.05) is 30.3 Å². The summed E-state index contributed by atoms with van der Waals surface area (Å²) in [6, 6.07) is 14.1. The first-order valence-corrected chi connectivity index (χ1v) is 9.09. The predicted molar refractivity (Wildman–Crippen MR) is 99.0 cm³/mol. The second kappa shape index (κ2) is 8.81. The highest BCUT2D eigenvalue weighted by molar-refractivity contribution is 5.78. The van der Waals surface area contributed by atoms with Crippen molar-refractivity contribution in [1.29, 1.82) is 0 Å². The molecule has 0 aliphatic heterocycles. The Balaban J connectivity index is 1.46. The van der Waals surface area contributed by atoms with Crippen molar-refractivity contribution in [3.05, 3.63) is 65.5 Å². The molecule has 1 aliphatic carbocycles. The summed E-state index contributed by atoms with van der Waals surface area (Å²) >= 11 is 0. The van der Waals surface area contributed by atoms with Gasteiger partial charge in [0.1, 0.15) is 18.2 Å². The van der Waals surface area contributed by atoms with Crippen molar-refractivity contribution in [2.75, 3.05) is 0 Å². The fourth-order valence-corrected chi connectivity index (χ4v) is 3.30. The van der Waals surface area contributed by atoms with Crippen molar-refractivity contribution in [1.82, 2.24) is 5.32 Å². The molecule has 138 valence electrons. The number of nitrogens with two attached hydrogens (primary N) is 1. The van der Waals surface area contributed by atoms with Gasteiger partial charge in [0.15, 0.2) is 0 Å². The maximum atomic E-state index is 13.2. The summed E-state index contributed by atoms with van der Waals surface area (Å²) in [7, 11) is 0. The molecule has 1 aliphatic rings. The van der Waals surface area contributed by atoms with E-state index in [0.717, 1.165) is 36.8 Å². The molecule has 2 aromatic rings. The summed E-state index contributed by atoms with van der Waals surface area (Å²) in [6.07, 6.45) is 3.74. The number of carbonyl (C=O) groups excluding carboxylic acids is 1. The lowest BCUT2D eigenvalue weighted by atomic mass is 9.85. The summed E-state index contributed by atoms with van der Waals surface area (Å²) in [5, 5.41) is 3.00. The van der Waals surface area contributed by atoms with Crippen molar-refractivity contribution in [2.45, 2.75) is 44.9 Å². The Bertz CT molecular complexity index is 733. The van der Waals surface area contributed by atoms with Crippen LogP contribution in [0.2, 0.25) is 0 Å². The molecule has 4 nitrogen and oxygen atoms in total. The number of halogens is 1. The monoisotopic (exact) mass is 356 g/mol. The average Bonchev–Trinajstić information content (AvgIpc) is 2.65. The van der Waals surface area contributed by atoms with E-state index < -0.39 is 0 Å². The first-order valence-electron chi connectivity index (χ1n) is 9.09. The summed E-state index contributed by atoms with van der Waals surface area (Å²) < 4.78 is 18.8. The van der Waals surface area contributed by atoms with Crippen LogP contribution in [-0.2, 0) is 17.9 Å². The Hall–Kier alpha value is -2.40. The van der Waals surface area contributed by atoms with Gasteiger partial charge in [0.25, 0.3) is 0 Å². The molecule has 0 radical (unpaired) electrons. The average molecular weight is 356 g/mol. The molecule has 2 unspecified atom stereocenters. The van der Waals surface area contributed by atoms with Crippen molar-refractivity contribution >= 4 is 5.91 Å². The topological polar surface area (TPSA) is 64.4 Å². The Labute approximate surface area is 153 Å². The van der Waals surface area contributed by atoms with E-state index in [-0.39, 0.29) is 23.7 Å². The summed E-state index contributed by atoms with van der Waals surface area (Å²) in [6.45, 7) is 0.810. The summed E-state index contributed by atoms with van der Waals surface area (Å²) in [5.41, 5.74) is 7.75.